The topological polar surface area (TPSA) is 26.3 Å². The summed E-state index contributed by atoms with van der Waals surface area (Å²) in [4.78, 5) is 11.6. The van der Waals surface area contributed by atoms with Crippen LogP contribution in [0.15, 0.2) is 30.3 Å². The van der Waals surface area contributed by atoms with Crippen molar-refractivity contribution < 1.29 is 28.1 Å². The minimum Gasteiger partial charge on any atom is -0.461 e. The summed E-state index contributed by atoms with van der Waals surface area (Å²) < 4.78 is 5.24. The van der Waals surface area contributed by atoms with Crippen LogP contribution in [0.2, 0.25) is 30.2 Å². The summed E-state index contributed by atoms with van der Waals surface area (Å²) in [6, 6.07) is 16.3. The molecule has 177 valence electrons. The Hall–Kier alpha value is 1.25. The summed E-state index contributed by atoms with van der Waals surface area (Å²) >= 11 is 18.8. The van der Waals surface area contributed by atoms with Gasteiger partial charge in [-0.15, -0.1) is 0 Å². The summed E-state index contributed by atoms with van der Waals surface area (Å²) in [6.45, 7) is 0.383. The number of esters is 1. The van der Waals surface area contributed by atoms with Crippen molar-refractivity contribution in [3.05, 3.63) is 35.9 Å². The number of hydrogen-bond donors (Lipinski definition) is 0. The zero-order chi connectivity index (χ0) is 22.1. The maximum absolute atomic E-state index is 11.6. The molecule has 0 aliphatic carbocycles. The molecule has 0 saturated carbocycles. The van der Waals surface area contributed by atoms with Gasteiger partial charge in [-0.2, -0.15) is 22.2 Å². The first-order valence-electron chi connectivity index (χ1n) is 11.1. The van der Waals surface area contributed by atoms with E-state index in [0.29, 0.717) is 13.0 Å². The fraction of sp³-hybridized carbons (Fsp3) is 0.682. The summed E-state index contributed by atoms with van der Waals surface area (Å²) in [7, 11) is -1.82. The number of ether oxygens (including phenoxy) is 1. The third kappa shape index (κ3) is 17.4. The molecule has 0 atom stereocenters. The number of unbranched alkanes of at least 4 members (excludes halogenated alkanes) is 2. The Bertz CT molecular complexity index is 562. The normalized spacial score (nSPS) is 16.1. The minimum absolute atomic E-state index is 0. The van der Waals surface area contributed by atoms with Crippen molar-refractivity contribution in [2.45, 2.75) is 81.8 Å². The molecule has 1 radical (unpaired) electrons. The zero-order valence-corrected chi connectivity index (χ0v) is 26.6. The largest absolute Gasteiger partial charge is 0.461 e. The van der Waals surface area contributed by atoms with E-state index in [4.69, 9.17) is 26.9 Å². The number of alkyl halides is 2. The van der Waals surface area contributed by atoms with E-state index in [0.717, 1.165) is 29.1 Å². The molecule has 2 nitrogen and oxygen atoms in total. The van der Waals surface area contributed by atoms with Crippen molar-refractivity contribution >= 4 is 75.5 Å². The molecule has 2 saturated heterocycles. The van der Waals surface area contributed by atoms with Crippen molar-refractivity contribution in [1.29, 1.82) is 0 Å². The maximum Gasteiger partial charge on any atom is 0.306 e. The third-order valence-corrected chi connectivity index (χ3v) is 15.2. The van der Waals surface area contributed by atoms with Gasteiger partial charge in [-0.3, -0.25) is 4.79 Å². The van der Waals surface area contributed by atoms with Crippen LogP contribution in [0.1, 0.15) is 50.5 Å². The predicted molar refractivity (Wildman–Crippen MR) is 145 cm³/mol. The van der Waals surface area contributed by atoms with Crippen LogP contribution in [0.5, 0.6) is 0 Å². The van der Waals surface area contributed by atoms with Crippen LogP contribution in [0.3, 0.4) is 0 Å². The van der Waals surface area contributed by atoms with Gasteiger partial charge in [0.05, 0.1) is 0 Å². The Balaban J connectivity index is 0.000000618. The van der Waals surface area contributed by atoms with Crippen LogP contribution in [0.25, 0.3) is 0 Å². The Morgan fingerprint density at radius 2 is 1.58 bits per heavy atom. The molecule has 0 spiro atoms. The van der Waals surface area contributed by atoms with Crippen molar-refractivity contribution in [2.24, 2.45) is 0 Å². The van der Waals surface area contributed by atoms with Gasteiger partial charge in [0.15, 0.2) is 7.38 Å². The van der Waals surface area contributed by atoms with Crippen molar-refractivity contribution in [3.8, 4) is 0 Å². The molecule has 3 rings (SSSR count). The summed E-state index contributed by atoms with van der Waals surface area (Å²) in [5.41, 5.74) is 1.04. The SMILES string of the molecule is BrCCCCBr.Cl[SiH]1CCC1.O=C(CCCC[Si]1(Cl)CCC1)OCc1ccccc1.[V]. The predicted octanol–water partition coefficient (Wildman–Crippen LogP) is 8.39. The standard InChI is InChI=1S/C15H21ClO2Si.C4H8Br2.C3H7ClSi.V/c16-19(11-6-12-19)10-5-4-9-15(17)18-13-14-7-2-1-3-8-14;5-3-1-2-4-6;4-5-2-1-3-5;/h1-3,7-8H,4-6,9-13H2;1-4H2;5H,1-3H2;. The van der Waals surface area contributed by atoms with Gasteiger partial charge in [-0.1, -0.05) is 81.5 Å². The molecule has 1 aromatic carbocycles. The number of hydrogen-bond acceptors (Lipinski definition) is 2. The van der Waals surface area contributed by atoms with E-state index in [2.05, 4.69) is 31.9 Å². The summed E-state index contributed by atoms with van der Waals surface area (Å²) in [5.74, 6) is -0.0947. The first-order valence-corrected chi connectivity index (χ1v) is 20.4. The molecule has 0 amide bonds. The molecule has 0 bridgehead atoms. The van der Waals surface area contributed by atoms with E-state index in [1.54, 1.807) is 0 Å². The minimum atomic E-state index is -1.32. The molecule has 2 heterocycles. The van der Waals surface area contributed by atoms with Crippen LogP contribution < -0.4 is 0 Å². The quantitative estimate of drug-likeness (QED) is 0.0823. The van der Waals surface area contributed by atoms with Gasteiger partial charge in [-0.05, 0) is 55.0 Å². The molecule has 0 unspecified atom stereocenters. The monoisotopic (exact) mass is 667 g/mol. The van der Waals surface area contributed by atoms with E-state index >= 15 is 0 Å². The molecule has 2 fully saturated rings. The first-order chi connectivity index (χ1) is 14.5. The molecular weight excluding hydrogens is 634 g/mol. The second kappa shape index (κ2) is 20.6. The van der Waals surface area contributed by atoms with E-state index in [1.165, 1.54) is 55.9 Å². The fourth-order valence-corrected chi connectivity index (χ4v) is 9.02. The average Bonchev–Trinajstić information content (AvgIpc) is 2.72. The number of carbonyl (C=O) groups excluding carboxylic acids is 1. The Labute approximate surface area is 230 Å². The second-order valence-corrected chi connectivity index (χ2v) is 20.0. The third-order valence-electron chi connectivity index (χ3n) is 5.30. The van der Waals surface area contributed by atoms with E-state index in [1.807, 2.05) is 30.3 Å². The molecule has 0 N–H and O–H groups in total. The van der Waals surface area contributed by atoms with Crippen LogP contribution in [0.4, 0.5) is 0 Å². The van der Waals surface area contributed by atoms with E-state index < -0.39 is 15.5 Å². The van der Waals surface area contributed by atoms with Gasteiger partial charge in [0.2, 0.25) is 0 Å². The molecule has 31 heavy (non-hydrogen) atoms. The Morgan fingerprint density at radius 3 is 2.00 bits per heavy atom. The smallest absolute Gasteiger partial charge is 0.306 e. The van der Waals surface area contributed by atoms with Gasteiger partial charge in [0.25, 0.3) is 0 Å². The zero-order valence-electron chi connectivity index (χ0n) is 18.3. The van der Waals surface area contributed by atoms with Gasteiger partial charge in [0, 0.05) is 35.6 Å². The van der Waals surface area contributed by atoms with Crippen molar-refractivity contribution in [1.82, 2.24) is 0 Å². The van der Waals surface area contributed by atoms with E-state index in [-0.39, 0.29) is 24.5 Å². The number of rotatable bonds is 10. The van der Waals surface area contributed by atoms with Gasteiger partial charge < -0.3 is 4.74 Å². The number of carbonyl (C=O) groups is 1. The molecular formula is C22H36Br2Cl2O2Si2V. The van der Waals surface area contributed by atoms with Crippen LogP contribution in [0, 0.1) is 0 Å². The second-order valence-electron chi connectivity index (χ2n) is 7.97. The van der Waals surface area contributed by atoms with Crippen LogP contribution in [-0.2, 0) is 34.7 Å². The average molecular weight is 670 g/mol. The molecule has 0 aromatic heterocycles. The van der Waals surface area contributed by atoms with E-state index in [9.17, 15) is 4.79 Å². The Kier molecular flexibility index (Phi) is 21.4. The van der Waals surface area contributed by atoms with Crippen molar-refractivity contribution in [2.75, 3.05) is 10.7 Å². The first kappa shape index (κ1) is 32.2. The molecule has 1 aromatic rings. The van der Waals surface area contributed by atoms with Gasteiger partial charge >= 0.3 is 5.97 Å². The summed E-state index contributed by atoms with van der Waals surface area (Å²) in [6.07, 6.45) is 7.81. The summed E-state index contributed by atoms with van der Waals surface area (Å²) in [5, 5.41) is 2.28. The maximum atomic E-state index is 11.6. The molecule has 2 aliphatic heterocycles. The van der Waals surface area contributed by atoms with Crippen molar-refractivity contribution in [3.63, 3.8) is 0 Å². The number of halogens is 4. The number of benzene rings is 1. The van der Waals surface area contributed by atoms with Crippen LogP contribution >= 0.6 is 54.0 Å². The molecule has 9 heteroatoms. The Morgan fingerprint density at radius 1 is 1.00 bits per heavy atom. The van der Waals surface area contributed by atoms with Gasteiger partial charge in [0.1, 0.15) is 14.7 Å². The fourth-order valence-electron chi connectivity index (χ4n) is 2.88. The van der Waals surface area contributed by atoms with Gasteiger partial charge in [-0.25, -0.2) is 0 Å². The molecule has 2 aliphatic rings. The van der Waals surface area contributed by atoms with Crippen LogP contribution in [-0.4, -0.2) is 32.1 Å².